The average molecular weight is 336 g/mol. The fourth-order valence-corrected chi connectivity index (χ4v) is 2.33. The molecule has 2 rings (SSSR count). The molecular weight excluding hydrogens is 321 g/mol. The van der Waals surface area contributed by atoms with E-state index in [1.165, 1.54) is 29.3 Å². The van der Waals surface area contributed by atoms with E-state index in [4.69, 9.17) is 0 Å². The Kier molecular flexibility index (Phi) is 4.55. The lowest BCUT2D eigenvalue weighted by atomic mass is 10.0. The van der Waals surface area contributed by atoms with Gasteiger partial charge in [-0.2, -0.15) is 0 Å². The minimum absolute atomic E-state index is 0.124. The first-order chi connectivity index (χ1) is 9.45. The Bertz CT molecular complexity index is 655. The van der Waals surface area contributed by atoms with E-state index in [0.29, 0.717) is 16.6 Å². The van der Waals surface area contributed by atoms with Gasteiger partial charge in [-0.05, 0) is 64.7 Å². The highest BCUT2D eigenvalue weighted by atomic mass is 79.9. The van der Waals surface area contributed by atoms with Crippen LogP contribution in [-0.4, -0.2) is 5.91 Å². The monoisotopic (exact) mass is 335 g/mol. The molecule has 0 spiro atoms. The Morgan fingerprint density at radius 2 is 1.90 bits per heavy atom. The predicted octanol–water partition coefficient (Wildman–Crippen LogP) is 4.39. The summed E-state index contributed by atoms with van der Waals surface area (Å²) >= 11 is 3.23. The molecule has 0 heterocycles. The maximum atomic E-state index is 13.0. The van der Waals surface area contributed by atoms with Crippen LogP contribution in [0.5, 0.6) is 0 Å². The van der Waals surface area contributed by atoms with Crippen molar-refractivity contribution < 1.29 is 9.18 Å². The van der Waals surface area contributed by atoms with Crippen LogP contribution in [-0.2, 0) is 11.2 Å². The molecule has 0 saturated carbocycles. The lowest BCUT2D eigenvalue weighted by Crippen LogP contribution is -2.14. The molecule has 0 aliphatic carbocycles. The predicted molar refractivity (Wildman–Crippen MR) is 82.3 cm³/mol. The van der Waals surface area contributed by atoms with E-state index in [0.717, 1.165) is 5.56 Å². The number of amides is 1. The van der Waals surface area contributed by atoms with Crippen molar-refractivity contribution in [2.45, 2.75) is 20.3 Å². The number of benzene rings is 2. The van der Waals surface area contributed by atoms with Crippen LogP contribution >= 0.6 is 15.9 Å². The average Bonchev–Trinajstić information content (AvgIpc) is 2.37. The Morgan fingerprint density at radius 3 is 2.55 bits per heavy atom. The van der Waals surface area contributed by atoms with Crippen LogP contribution in [0.3, 0.4) is 0 Å². The lowest BCUT2D eigenvalue weighted by molar-refractivity contribution is -0.115. The smallest absolute Gasteiger partial charge is 0.228 e. The van der Waals surface area contributed by atoms with E-state index in [1.807, 2.05) is 32.0 Å². The fourth-order valence-electron chi connectivity index (χ4n) is 1.88. The number of hydrogen-bond acceptors (Lipinski definition) is 1. The Balaban J connectivity index is 2.07. The highest BCUT2D eigenvalue weighted by Crippen LogP contribution is 2.23. The number of halogens is 2. The maximum absolute atomic E-state index is 13.0. The molecule has 0 saturated heterocycles. The second-order valence-electron chi connectivity index (χ2n) is 4.77. The third kappa shape index (κ3) is 3.67. The van der Waals surface area contributed by atoms with Gasteiger partial charge in [0.2, 0.25) is 5.91 Å². The first-order valence-electron chi connectivity index (χ1n) is 6.27. The normalized spacial score (nSPS) is 10.4. The van der Waals surface area contributed by atoms with Crippen molar-refractivity contribution in [1.29, 1.82) is 0 Å². The van der Waals surface area contributed by atoms with Gasteiger partial charge in [0.15, 0.2) is 0 Å². The van der Waals surface area contributed by atoms with Crippen molar-refractivity contribution in [2.24, 2.45) is 0 Å². The van der Waals surface area contributed by atoms with Crippen molar-refractivity contribution in [2.75, 3.05) is 5.32 Å². The molecule has 0 aliphatic rings. The number of carbonyl (C=O) groups excluding carboxylic acids is 1. The molecule has 0 fully saturated rings. The minimum Gasteiger partial charge on any atom is -0.325 e. The van der Waals surface area contributed by atoms with E-state index in [9.17, 15) is 9.18 Å². The quantitative estimate of drug-likeness (QED) is 0.885. The van der Waals surface area contributed by atoms with E-state index >= 15 is 0 Å². The van der Waals surface area contributed by atoms with Crippen LogP contribution in [0.4, 0.5) is 10.1 Å². The molecule has 2 aromatic rings. The summed E-state index contributed by atoms with van der Waals surface area (Å²) in [5.74, 6) is -0.468. The van der Waals surface area contributed by atoms with Crippen LogP contribution in [0.2, 0.25) is 0 Å². The topological polar surface area (TPSA) is 29.1 Å². The van der Waals surface area contributed by atoms with Crippen LogP contribution < -0.4 is 5.32 Å². The van der Waals surface area contributed by atoms with Crippen molar-refractivity contribution in [1.82, 2.24) is 0 Å². The molecule has 1 N–H and O–H groups in total. The second-order valence-corrected chi connectivity index (χ2v) is 5.62. The van der Waals surface area contributed by atoms with Gasteiger partial charge in [-0.25, -0.2) is 4.39 Å². The first-order valence-corrected chi connectivity index (χ1v) is 7.06. The fraction of sp³-hybridized carbons (Fsp3) is 0.188. The largest absolute Gasteiger partial charge is 0.325 e. The van der Waals surface area contributed by atoms with E-state index in [2.05, 4.69) is 21.2 Å². The zero-order chi connectivity index (χ0) is 14.7. The molecule has 2 nitrogen and oxygen atoms in total. The van der Waals surface area contributed by atoms with Crippen molar-refractivity contribution in [3.8, 4) is 0 Å². The van der Waals surface area contributed by atoms with Gasteiger partial charge >= 0.3 is 0 Å². The van der Waals surface area contributed by atoms with E-state index in [-0.39, 0.29) is 11.7 Å². The summed E-state index contributed by atoms with van der Waals surface area (Å²) in [6.45, 7) is 4.06. The summed E-state index contributed by atoms with van der Waals surface area (Å²) < 4.78 is 13.5. The molecule has 1 amide bonds. The van der Waals surface area contributed by atoms with Gasteiger partial charge in [-0.3, -0.25) is 4.79 Å². The minimum atomic E-state index is -0.343. The molecule has 0 radical (unpaired) electrons. The summed E-state index contributed by atoms with van der Waals surface area (Å²) in [7, 11) is 0. The zero-order valence-electron chi connectivity index (χ0n) is 11.3. The molecule has 0 bridgehead atoms. The summed E-state index contributed by atoms with van der Waals surface area (Å²) in [5.41, 5.74) is 3.90. The summed E-state index contributed by atoms with van der Waals surface area (Å²) in [4.78, 5) is 12.0. The molecule has 4 heteroatoms. The van der Waals surface area contributed by atoms with Crippen LogP contribution in [0.15, 0.2) is 40.9 Å². The Morgan fingerprint density at radius 1 is 1.15 bits per heavy atom. The van der Waals surface area contributed by atoms with Gasteiger partial charge in [0.25, 0.3) is 0 Å². The van der Waals surface area contributed by atoms with Crippen molar-refractivity contribution in [3.63, 3.8) is 0 Å². The van der Waals surface area contributed by atoms with Gasteiger partial charge in [-0.1, -0.05) is 18.2 Å². The van der Waals surface area contributed by atoms with Gasteiger partial charge in [0.05, 0.1) is 12.1 Å². The zero-order valence-corrected chi connectivity index (χ0v) is 12.9. The molecule has 2 aromatic carbocycles. The third-order valence-corrected chi connectivity index (χ3v) is 3.80. The standard InChI is InChI=1S/C16H15BrFNO/c1-10-3-4-12(7-11(10)2)8-16(20)19-15-6-5-13(18)9-14(15)17/h3-7,9H,8H2,1-2H3,(H,19,20). The van der Waals surface area contributed by atoms with Gasteiger partial charge < -0.3 is 5.32 Å². The van der Waals surface area contributed by atoms with Gasteiger partial charge in [0, 0.05) is 4.47 Å². The van der Waals surface area contributed by atoms with Gasteiger partial charge in [0.1, 0.15) is 5.82 Å². The molecule has 0 atom stereocenters. The van der Waals surface area contributed by atoms with E-state index in [1.54, 1.807) is 0 Å². The molecule has 0 aliphatic heterocycles. The van der Waals surface area contributed by atoms with Crippen LogP contribution in [0.25, 0.3) is 0 Å². The second kappa shape index (κ2) is 6.18. The molecular formula is C16H15BrFNO. The van der Waals surface area contributed by atoms with Crippen molar-refractivity contribution >= 4 is 27.5 Å². The Hall–Kier alpha value is -1.68. The number of aryl methyl sites for hydroxylation is 2. The summed E-state index contributed by atoms with van der Waals surface area (Å²) in [6, 6.07) is 10.1. The third-order valence-electron chi connectivity index (χ3n) is 3.14. The number of anilines is 1. The van der Waals surface area contributed by atoms with Gasteiger partial charge in [-0.15, -0.1) is 0 Å². The molecule has 104 valence electrons. The maximum Gasteiger partial charge on any atom is 0.228 e. The van der Waals surface area contributed by atoms with Crippen LogP contribution in [0.1, 0.15) is 16.7 Å². The first kappa shape index (κ1) is 14.7. The van der Waals surface area contributed by atoms with Crippen molar-refractivity contribution in [3.05, 3.63) is 63.4 Å². The Labute approximate surface area is 126 Å². The number of rotatable bonds is 3. The number of carbonyl (C=O) groups is 1. The molecule has 0 aromatic heterocycles. The number of nitrogens with one attached hydrogen (secondary N) is 1. The highest BCUT2D eigenvalue weighted by Gasteiger charge is 2.08. The SMILES string of the molecule is Cc1ccc(CC(=O)Nc2ccc(F)cc2Br)cc1C. The molecule has 0 unspecified atom stereocenters. The molecule has 20 heavy (non-hydrogen) atoms. The lowest BCUT2D eigenvalue weighted by Gasteiger charge is -2.08. The number of hydrogen-bond donors (Lipinski definition) is 1. The summed E-state index contributed by atoms with van der Waals surface area (Å²) in [6.07, 6.45) is 0.297. The highest BCUT2D eigenvalue weighted by molar-refractivity contribution is 9.10. The van der Waals surface area contributed by atoms with E-state index < -0.39 is 0 Å². The van der Waals surface area contributed by atoms with Crippen LogP contribution in [0, 0.1) is 19.7 Å². The summed E-state index contributed by atoms with van der Waals surface area (Å²) in [5, 5.41) is 2.77.